The van der Waals surface area contributed by atoms with Crippen LogP contribution in [0.4, 0.5) is 5.69 Å². The Bertz CT molecular complexity index is 1020. The first-order valence-corrected chi connectivity index (χ1v) is 12.0. The number of piperidine rings is 2. The Morgan fingerprint density at radius 1 is 1.06 bits per heavy atom. The molecule has 8 heteroatoms. The second-order valence-electron chi connectivity index (χ2n) is 9.35. The quantitative estimate of drug-likeness (QED) is 0.679. The van der Waals surface area contributed by atoms with E-state index in [4.69, 9.17) is 0 Å². The van der Waals surface area contributed by atoms with E-state index in [1.54, 1.807) is 17.4 Å². The van der Waals surface area contributed by atoms with Gasteiger partial charge in [-0.15, -0.1) is 0 Å². The summed E-state index contributed by atoms with van der Waals surface area (Å²) in [4.78, 5) is 47.9. The van der Waals surface area contributed by atoms with Crippen LogP contribution in [0, 0.1) is 5.92 Å². The topological polar surface area (TPSA) is 78.8 Å². The van der Waals surface area contributed by atoms with Crippen molar-refractivity contribution in [1.82, 2.24) is 19.4 Å². The van der Waals surface area contributed by atoms with Gasteiger partial charge in [-0.1, -0.05) is 6.07 Å². The molecule has 33 heavy (non-hydrogen) atoms. The molecule has 0 unspecified atom stereocenters. The number of aryl methyl sites for hydroxylation is 1. The van der Waals surface area contributed by atoms with E-state index in [0.717, 1.165) is 44.5 Å². The minimum atomic E-state index is 0.0190. The van der Waals surface area contributed by atoms with Crippen LogP contribution in [0.2, 0.25) is 0 Å². The van der Waals surface area contributed by atoms with Gasteiger partial charge in [-0.2, -0.15) is 0 Å². The number of imidazole rings is 1. The highest BCUT2D eigenvalue weighted by Gasteiger charge is 2.40. The van der Waals surface area contributed by atoms with E-state index < -0.39 is 0 Å². The van der Waals surface area contributed by atoms with E-state index in [-0.39, 0.29) is 23.8 Å². The molecule has 1 aromatic heterocycles. The zero-order chi connectivity index (χ0) is 22.8. The van der Waals surface area contributed by atoms with Gasteiger partial charge in [0.25, 0.3) is 5.91 Å². The maximum Gasteiger partial charge on any atom is 0.253 e. The molecule has 4 heterocycles. The van der Waals surface area contributed by atoms with Gasteiger partial charge in [0.1, 0.15) is 0 Å². The second-order valence-corrected chi connectivity index (χ2v) is 9.35. The summed E-state index contributed by atoms with van der Waals surface area (Å²) in [6.45, 7) is 3.65. The van der Waals surface area contributed by atoms with Crippen LogP contribution in [0.25, 0.3) is 0 Å². The number of nitrogens with zero attached hydrogens (tertiary/aromatic N) is 5. The van der Waals surface area contributed by atoms with Crippen LogP contribution in [0.3, 0.4) is 0 Å². The number of fused-ring (bicyclic) bond motifs is 1. The highest BCUT2D eigenvalue weighted by atomic mass is 16.2. The van der Waals surface area contributed by atoms with Gasteiger partial charge >= 0.3 is 0 Å². The summed E-state index contributed by atoms with van der Waals surface area (Å²) in [6, 6.07) is 7.67. The fraction of sp³-hybridized carbons (Fsp3) is 0.520. The van der Waals surface area contributed by atoms with Crippen molar-refractivity contribution in [1.29, 1.82) is 0 Å². The Balaban J connectivity index is 1.22. The van der Waals surface area contributed by atoms with Crippen molar-refractivity contribution >= 4 is 23.4 Å². The molecule has 3 aliphatic rings. The molecule has 3 fully saturated rings. The second kappa shape index (κ2) is 9.37. The van der Waals surface area contributed by atoms with Crippen LogP contribution < -0.4 is 4.90 Å². The van der Waals surface area contributed by atoms with Crippen molar-refractivity contribution in [2.75, 3.05) is 31.1 Å². The van der Waals surface area contributed by atoms with E-state index in [1.165, 1.54) is 0 Å². The van der Waals surface area contributed by atoms with Gasteiger partial charge in [0.2, 0.25) is 11.8 Å². The summed E-state index contributed by atoms with van der Waals surface area (Å²) < 4.78 is 2.04. The molecular formula is C25H31N5O3. The maximum absolute atomic E-state index is 13.3. The Morgan fingerprint density at radius 3 is 2.76 bits per heavy atom. The van der Waals surface area contributed by atoms with Gasteiger partial charge in [0.15, 0.2) is 0 Å². The lowest BCUT2D eigenvalue weighted by Gasteiger charge is -2.47. The zero-order valence-corrected chi connectivity index (χ0v) is 18.9. The largest absolute Gasteiger partial charge is 0.339 e. The van der Waals surface area contributed by atoms with Crippen molar-refractivity contribution in [2.45, 2.75) is 51.1 Å². The summed E-state index contributed by atoms with van der Waals surface area (Å²) >= 11 is 0. The highest BCUT2D eigenvalue weighted by Crippen LogP contribution is 2.32. The lowest BCUT2D eigenvalue weighted by atomic mass is 9.83. The maximum atomic E-state index is 13.3. The molecule has 0 spiro atoms. The molecule has 2 atom stereocenters. The van der Waals surface area contributed by atoms with Crippen molar-refractivity contribution in [3.63, 3.8) is 0 Å². The zero-order valence-electron chi connectivity index (χ0n) is 18.9. The predicted molar refractivity (Wildman–Crippen MR) is 124 cm³/mol. The normalized spacial score (nSPS) is 23.2. The van der Waals surface area contributed by atoms with Gasteiger partial charge in [-0.05, 0) is 49.8 Å². The molecule has 2 aromatic rings. The average molecular weight is 450 g/mol. The van der Waals surface area contributed by atoms with Gasteiger partial charge in [-0.25, -0.2) is 4.98 Å². The molecule has 8 nitrogen and oxygen atoms in total. The fourth-order valence-corrected chi connectivity index (χ4v) is 5.58. The highest BCUT2D eigenvalue weighted by molar-refractivity contribution is 5.99. The van der Waals surface area contributed by atoms with Gasteiger partial charge in [0.05, 0.1) is 6.33 Å². The first kappa shape index (κ1) is 21.7. The number of anilines is 1. The lowest BCUT2D eigenvalue weighted by Crippen LogP contribution is -2.57. The van der Waals surface area contributed by atoms with Gasteiger partial charge in [-0.3, -0.25) is 14.4 Å². The number of aromatic nitrogens is 2. The predicted octanol–water partition coefficient (Wildman–Crippen LogP) is 2.55. The van der Waals surface area contributed by atoms with E-state index in [2.05, 4.69) is 9.88 Å². The third-order valence-corrected chi connectivity index (χ3v) is 7.28. The number of rotatable bonds is 6. The van der Waals surface area contributed by atoms with E-state index in [9.17, 15) is 14.4 Å². The van der Waals surface area contributed by atoms with Crippen LogP contribution >= 0.6 is 0 Å². The SMILES string of the molecule is O=C(c1cccc(N2CCCC2=O)c1)N1CC[C@H]2[C@H](CCC(=O)N2CCCn2ccnc2)C1. The Kier molecular flexibility index (Phi) is 6.15. The first-order chi connectivity index (χ1) is 16.1. The van der Waals surface area contributed by atoms with Crippen LogP contribution in [0.15, 0.2) is 43.0 Å². The first-order valence-electron chi connectivity index (χ1n) is 12.0. The van der Waals surface area contributed by atoms with E-state index in [1.807, 2.05) is 39.9 Å². The molecule has 0 saturated carbocycles. The van der Waals surface area contributed by atoms with Crippen molar-refractivity contribution in [3.05, 3.63) is 48.5 Å². The van der Waals surface area contributed by atoms with Crippen LogP contribution in [0.1, 0.15) is 48.9 Å². The summed E-state index contributed by atoms with van der Waals surface area (Å²) in [7, 11) is 0. The van der Waals surface area contributed by atoms with E-state index in [0.29, 0.717) is 44.0 Å². The number of amides is 3. The molecule has 3 saturated heterocycles. The van der Waals surface area contributed by atoms with Gasteiger partial charge in [0, 0.05) is 75.3 Å². The van der Waals surface area contributed by atoms with E-state index >= 15 is 0 Å². The van der Waals surface area contributed by atoms with Crippen molar-refractivity contribution in [3.8, 4) is 0 Å². The Hall–Kier alpha value is -3.16. The Morgan fingerprint density at radius 2 is 1.97 bits per heavy atom. The third-order valence-electron chi connectivity index (χ3n) is 7.28. The lowest BCUT2D eigenvalue weighted by molar-refractivity contribution is -0.140. The van der Waals surface area contributed by atoms with Crippen LogP contribution in [-0.4, -0.2) is 69.3 Å². The molecule has 3 amide bonds. The molecule has 174 valence electrons. The number of carbonyl (C=O) groups is 3. The number of hydrogen-bond donors (Lipinski definition) is 0. The van der Waals surface area contributed by atoms with Crippen LogP contribution in [-0.2, 0) is 16.1 Å². The summed E-state index contributed by atoms with van der Waals surface area (Å²) in [5.41, 5.74) is 1.44. The van der Waals surface area contributed by atoms with Crippen LogP contribution in [0.5, 0.6) is 0 Å². The smallest absolute Gasteiger partial charge is 0.253 e. The molecule has 0 N–H and O–H groups in total. The van der Waals surface area contributed by atoms with Gasteiger partial charge < -0.3 is 19.3 Å². The van der Waals surface area contributed by atoms with Crippen molar-refractivity contribution < 1.29 is 14.4 Å². The average Bonchev–Trinajstić information content (AvgIpc) is 3.51. The molecule has 0 radical (unpaired) electrons. The number of likely N-dealkylation sites (tertiary alicyclic amines) is 2. The summed E-state index contributed by atoms with van der Waals surface area (Å²) in [5.74, 6) is 0.701. The fourth-order valence-electron chi connectivity index (χ4n) is 5.58. The molecule has 0 aliphatic carbocycles. The summed E-state index contributed by atoms with van der Waals surface area (Å²) in [5, 5.41) is 0. The minimum absolute atomic E-state index is 0.0190. The number of hydrogen-bond acceptors (Lipinski definition) is 4. The Labute approximate surface area is 194 Å². The minimum Gasteiger partial charge on any atom is -0.339 e. The standard InChI is InChI=1S/C25H31N5O3/c31-23-6-2-12-29(23)21-5-1-4-19(16-21)25(33)28-14-9-22-20(17-28)7-8-24(32)30(22)13-3-11-27-15-10-26-18-27/h1,4-5,10,15-16,18,20,22H,2-3,6-9,11-14,17H2/t20-,22+/m1/s1. The monoisotopic (exact) mass is 449 g/mol. The molecule has 1 aromatic carbocycles. The van der Waals surface area contributed by atoms with Crippen molar-refractivity contribution in [2.24, 2.45) is 5.92 Å². The molecule has 5 rings (SSSR count). The molecule has 3 aliphatic heterocycles. The third kappa shape index (κ3) is 4.51. The molecule has 0 bridgehead atoms. The molecular weight excluding hydrogens is 418 g/mol. The number of carbonyl (C=O) groups excluding carboxylic acids is 3. The summed E-state index contributed by atoms with van der Waals surface area (Å²) in [6.07, 6.45) is 10.1. The number of benzene rings is 1.